The van der Waals surface area contributed by atoms with Crippen LogP contribution in [-0.4, -0.2) is 15.4 Å². The van der Waals surface area contributed by atoms with Gasteiger partial charge in [0.25, 0.3) is 0 Å². The topological polar surface area (TPSA) is 34.4 Å². The Hall–Kier alpha value is -1.64. The van der Waals surface area contributed by atoms with Gasteiger partial charge in [-0.25, -0.2) is 4.52 Å². The van der Waals surface area contributed by atoms with Gasteiger partial charge in [0.2, 0.25) is 0 Å². The summed E-state index contributed by atoms with van der Waals surface area (Å²) >= 11 is 0. The quantitative estimate of drug-likeness (QED) is 0.562. The Morgan fingerprint density at radius 2 is 2.18 bits per heavy atom. The number of ketones is 1. The lowest BCUT2D eigenvalue weighted by molar-refractivity contribution is 0.0980. The van der Waals surface area contributed by atoms with E-state index in [1.807, 2.05) is 24.4 Å². The molecule has 0 radical (unpaired) electrons. The maximum atomic E-state index is 12.0. The van der Waals surface area contributed by atoms with Crippen LogP contribution in [0, 0.1) is 0 Å². The Labute approximate surface area is 101 Å². The Morgan fingerprint density at radius 3 is 3.00 bits per heavy atom. The Bertz CT molecular complexity index is 502. The predicted molar refractivity (Wildman–Crippen MR) is 68.3 cm³/mol. The number of fused-ring (bicyclic) bond motifs is 1. The third-order valence-electron chi connectivity index (χ3n) is 2.98. The number of carbonyl (C=O) groups is 1. The highest BCUT2D eigenvalue weighted by atomic mass is 16.1. The lowest BCUT2D eigenvalue weighted by Gasteiger charge is -1.99. The average Bonchev–Trinajstić information content (AvgIpc) is 2.78. The summed E-state index contributed by atoms with van der Waals surface area (Å²) in [5, 5.41) is 4.18. The van der Waals surface area contributed by atoms with Crippen LogP contribution in [0.25, 0.3) is 5.52 Å². The number of hydrogen-bond acceptors (Lipinski definition) is 2. The smallest absolute Gasteiger partial charge is 0.166 e. The number of Topliss-reactive ketones (excluding diaryl/α,β-unsaturated/α-hetero) is 1. The molecule has 0 saturated heterocycles. The van der Waals surface area contributed by atoms with E-state index in [4.69, 9.17) is 0 Å². The Morgan fingerprint density at radius 1 is 1.29 bits per heavy atom. The van der Waals surface area contributed by atoms with Gasteiger partial charge in [-0.1, -0.05) is 32.3 Å². The fourth-order valence-corrected chi connectivity index (χ4v) is 2.00. The molecule has 2 aromatic heterocycles. The number of nitrogens with zero attached hydrogens (tertiary/aromatic N) is 2. The molecule has 2 rings (SSSR count). The number of rotatable bonds is 6. The Kier molecular flexibility index (Phi) is 3.91. The molecule has 3 nitrogen and oxygen atoms in total. The van der Waals surface area contributed by atoms with Gasteiger partial charge in [-0.05, 0) is 18.6 Å². The highest BCUT2D eigenvalue weighted by Gasteiger charge is 2.11. The van der Waals surface area contributed by atoms with Crippen LogP contribution >= 0.6 is 0 Å². The second-order valence-corrected chi connectivity index (χ2v) is 4.32. The maximum absolute atomic E-state index is 12.0. The van der Waals surface area contributed by atoms with Gasteiger partial charge in [0.15, 0.2) is 5.78 Å². The summed E-state index contributed by atoms with van der Waals surface area (Å²) in [6, 6.07) is 5.78. The molecule has 0 aliphatic heterocycles. The van der Waals surface area contributed by atoms with Crippen molar-refractivity contribution in [2.24, 2.45) is 0 Å². The highest BCUT2D eigenvalue weighted by molar-refractivity contribution is 6.02. The molecular weight excluding hydrogens is 212 g/mol. The predicted octanol–water partition coefficient (Wildman–Crippen LogP) is 3.49. The van der Waals surface area contributed by atoms with Crippen molar-refractivity contribution < 1.29 is 4.79 Å². The van der Waals surface area contributed by atoms with Crippen LogP contribution < -0.4 is 0 Å². The van der Waals surface area contributed by atoms with E-state index in [0.29, 0.717) is 6.42 Å². The van der Waals surface area contributed by atoms with Gasteiger partial charge in [-0.3, -0.25) is 4.79 Å². The van der Waals surface area contributed by atoms with Crippen molar-refractivity contribution in [3.63, 3.8) is 0 Å². The molecule has 0 aliphatic carbocycles. The maximum Gasteiger partial charge on any atom is 0.166 e. The van der Waals surface area contributed by atoms with Crippen molar-refractivity contribution in [1.82, 2.24) is 9.61 Å². The summed E-state index contributed by atoms with van der Waals surface area (Å²) in [5.74, 6) is 0.210. The minimum Gasteiger partial charge on any atom is -0.294 e. The molecular formula is C14H18N2O. The van der Waals surface area contributed by atoms with E-state index in [0.717, 1.165) is 23.9 Å². The molecule has 17 heavy (non-hydrogen) atoms. The van der Waals surface area contributed by atoms with Crippen LogP contribution in [-0.2, 0) is 0 Å². The SMILES string of the molecule is CCCCCCC(=O)c1cnn2ccccc12. The van der Waals surface area contributed by atoms with E-state index in [2.05, 4.69) is 12.0 Å². The van der Waals surface area contributed by atoms with Crippen molar-refractivity contribution in [2.75, 3.05) is 0 Å². The monoisotopic (exact) mass is 230 g/mol. The van der Waals surface area contributed by atoms with Gasteiger partial charge < -0.3 is 0 Å². The van der Waals surface area contributed by atoms with Gasteiger partial charge >= 0.3 is 0 Å². The van der Waals surface area contributed by atoms with Crippen LogP contribution in [0.2, 0.25) is 0 Å². The number of aromatic nitrogens is 2. The summed E-state index contributed by atoms with van der Waals surface area (Å²) in [5.41, 5.74) is 1.66. The standard InChI is InChI=1S/C14H18N2O/c1-2-3-4-5-9-14(17)12-11-15-16-10-7-6-8-13(12)16/h6-8,10-11H,2-5,9H2,1H3. The first kappa shape index (κ1) is 11.8. The van der Waals surface area contributed by atoms with Crippen LogP contribution in [0.4, 0.5) is 0 Å². The molecule has 90 valence electrons. The third kappa shape index (κ3) is 2.73. The first-order chi connectivity index (χ1) is 8.33. The van der Waals surface area contributed by atoms with E-state index >= 15 is 0 Å². The summed E-state index contributed by atoms with van der Waals surface area (Å²) in [6.45, 7) is 2.17. The molecule has 3 heteroatoms. The van der Waals surface area contributed by atoms with Crippen molar-refractivity contribution in [3.05, 3.63) is 36.2 Å². The molecule has 0 aliphatic rings. The molecule has 0 unspecified atom stereocenters. The fourth-order valence-electron chi connectivity index (χ4n) is 2.00. The van der Waals surface area contributed by atoms with Gasteiger partial charge in [0.05, 0.1) is 17.3 Å². The minimum atomic E-state index is 0.210. The summed E-state index contributed by atoms with van der Waals surface area (Å²) in [4.78, 5) is 12.0. The van der Waals surface area contributed by atoms with Crippen LogP contribution in [0.3, 0.4) is 0 Å². The molecule has 0 saturated carbocycles. The van der Waals surface area contributed by atoms with E-state index in [1.165, 1.54) is 12.8 Å². The van der Waals surface area contributed by atoms with Crippen molar-refractivity contribution in [2.45, 2.75) is 39.0 Å². The molecule has 0 spiro atoms. The number of hydrogen-bond donors (Lipinski definition) is 0. The molecule has 2 aromatic rings. The third-order valence-corrected chi connectivity index (χ3v) is 2.98. The molecule has 0 amide bonds. The molecule has 2 heterocycles. The van der Waals surface area contributed by atoms with E-state index in [1.54, 1.807) is 10.7 Å². The first-order valence-electron chi connectivity index (χ1n) is 6.28. The molecule has 0 atom stereocenters. The zero-order valence-electron chi connectivity index (χ0n) is 10.2. The Balaban J connectivity index is 2.04. The second kappa shape index (κ2) is 5.62. The zero-order valence-corrected chi connectivity index (χ0v) is 10.2. The number of carbonyl (C=O) groups excluding carboxylic acids is 1. The second-order valence-electron chi connectivity index (χ2n) is 4.32. The summed E-state index contributed by atoms with van der Waals surface area (Å²) in [6.07, 6.45) is 8.71. The van der Waals surface area contributed by atoms with Crippen LogP contribution in [0.5, 0.6) is 0 Å². The largest absolute Gasteiger partial charge is 0.294 e. The fraction of sp³-hybridized carbons (Fsp3) is 0.429. The first-order valence-corrected chi connectivity index (χ1v) is 6.28. The molecule has 0 bridgehead atoms. The van der Waals surface area contributed by atoms with Crippen LogP contribution in [0.15, 0.2) is 30.6 Å². The van der Waals surface area contributed by atoms with Gasteiger partial charge in [0, 0.05) is 12.6 Å². The molecule has 0 fully saturated rings. The van der Waals surface area contributed by atoms with Gasteiger partial charge in [-0.15, -0.1) is 0 Å². The van der Waals surface area contributed by atoms with E-state index in [9.17, 15) is 4.79 Å². The van der Waals surface area contributed by atoms with E-state index < -0.39 is 0 Å². The normalized spacial score (nSPS) is 10.9. The number of unbranched alkanes of at least 4 members (excludes halogenated alkanes) is 3. The minimum absolute atomic E-state index is 0.210. The molecule has 0 N–H and O–H groups in total. The van der Waals surface area contributed by atoms with Crippen molar-refractivity contribution >= 4 is 11.3 Å². The summed E-state index contributed by atoms with van der Waals surface area (Å²) in [7, 11) is 0. The highest BCUT2D eigenvalue weighted by Crippen LogP contribution is 2.14. The van der Waals surface area contributed by atoms with Gasteiger partial charge in [0.1, 0.15) is 0 Å². The zero-order chi connectivity index (χ0) is 12.1. The lowest BCUT2D eigenvalue weighted by atomic mass is 10.1. The van der Waals surface area contributed by atoms with Crippen molar-refractivity contribution in [1.29, 1.82) is 0 Å². The van der Waals surface area contributed by atoms with E-state index in [-0.39, 0.29) is 5.78 Å². The number of pyridine rings is 1. The summed E-state index contributed by atoms with van der Waals surface area (Å²) < 4.78 is 1.75. The molecule has 0 aromatic carbocycles. The lowest BCUT2D eigenvalue weighted by Crippen LogP contribution is -1.98. The van der Waals surface area contributed by atoms with Crippen molar-refractivity contribution in [3.8, 4) is 0 Å². The average molecular weight is 230 g/mol. The van der Waals surface area contributed by atoms with Crippen LogP contribution in [0.1, 0.15) is 49.4 Å². The van der Waals surface area contributed by atoms with Gasteiger partial charge in [-0.2, -0.15) is 5.10 Å².